The van der Waals surface area contributed by atoms with Crippen molar-refractivity contribution in [2.75, 3.05) is 33.4 Å². The van der Waals surface area contributed by atoms with E-state index >= 15 is 0 Å². The van der Waals surface area contributed by atoms with E-state index in [1.54, 1.807) is 19.2 Å². The van der Waals surface area contributed by atoms with Gasteiger partial charge in [-0.1, -0.05) is 30.7 Å². The van der Waals surface area contributed by atoms with E-state index in [9.17, 15) is 4.79 Å². The lowest BCUT2D eigenvalue weighted by atomic mass is 10.1. The minimum Gasteiger partial charge on any atom is -0.383 e. The Labute approximate surface area is 114 Å². The zero-order valence-electron chi connectivity index (χ0n) is 11.0. The SMILES string of the molecule is CCN(CCOC)CCC(=O)c1ccccc1Cl. The van der Waals surface area contributed by atoms with Gasteiger partial charge in [0.1, 0.15) is 0 Å². The molecule has 0 bridgehead atoms. The summed E-state index contributed by atoms with van der Waals surface area (Å²) < 4.78 is 5.04. The van der Waals surface area contributed by atoms with Crippen molar-refractivity contribution in [3.8, 4) is 0 Å². The second kappa shape index (κ2) is 8.25. The van der Waals surface area contributed by atoms with Crippen molar-refractivity contribution in [1.82, 2.24) is 4.90 Å². The molecule has 0 saturated heterocycles. The van der Waals surface area contributed by atoms with E-state index in [0.29, 0.717) is 23.6 Å². The smallest absolute Gasteiger partial charge is 0.165 e. The molecule has 4 heteroatoms. The number of ether oxygens (including phenoxy) is 1. The maximum absolute atomic E-state index is 12.0. The minimum absolute atomic E-state index is 0.0940. The second-order valence-electron chi connectivity index (χ2n) is 4.08. The zero-order valence-corrected chi connectivity index (χ0v) is 11.7. The number of benzene rings is 1. The number of carbonyl (C=O) groups is 1. The monoisotopic (exact) mass is 269 g/mol. The number of rotatable bonds is 8. The largest absolute Gasteiger partial charge is 0.383 e. The van der Waals surface area contributed by atoms with E-state index in [1.807, 2.05) is 12.1 Å². The molecule has 0 fully saturated rings. The van der Waals surface area contributed by atoms with Crippen molar-refractivity contribution in [3.63, 3.8) is 0 Å². The molecule has 0 aliphatic heterocycles. The van der Waals surface area contributed by atoms with E-state index in [2.05, 4.69) is 11.8 Å². The van der Waals surface area contributed by atoms with E-state index < -0.39 is 0 Å². The van der Waals surface area contributed by atoms with Gasteiger partial charge in [-0.15, -0.1) is 0 Å². The Hall–Kier alpha value is -0.900. The van der Waals surface area contributed by atoms with Crippen LogP contribution in [-0.4, -0.2) is 44.0 Å². The lowest BCUT2D eigenvalue weighted by Crippen LogP contribution is -2.29. The summed E-state index contributed by atoms with van der Waals surface area (Å²) in [5, 5.41) is 0.530. The number of hydrogen-bond acceptors (Lipinski definition) is 3. The molecule has 3 nitrogen and oxygen atoms in total. The maximum Gasteiger partial charge on any atom is 0.165 e. The third kappa shape index (κ3) is 4.77. The number of halogens is 1. The first-order valence-electron chi connectivity index (χ1n) is 6.18. The van der Waals surface area contributed by atoms with Crippen LogP contribution in [0.5, 0.6) is 0 Å². The van der Waals surface area contributed by atoms with Crippen molar-refractivity contribution >= 4 is 17.4 Å². The van der Waals surface area contributed by atoms with Gasteiger partial charge in [-0.25, -0.2) is 0 Å². The highest BCUT2D eigenvalue weighted by Gasteiger charge is 2.11. The van der Waals surface area contributed by atoms with Crippen molar-refractivity contribution < 1.29 is 9.53 Å². The number of nitrogens with zero attached hydrogens (tertiary/aromatic N) is 1. The first-order chi connectivity index (χ1) is 8.69. The summed E-state index contributed by atoms with van der Waals surface area (Å²) in [5.74, 6) is 0.0940. The highest BCUT2D eigenvalue weighted by molar-refractivity contribution is 6.33. The van der Waals surface area contributed by atoms with Crippen LogP contribution < -0.4 is 0 Å². The fraction of sp³-hybridized carbons (Fsp3) is 0.500. The summed E-state index contributed by atoms with van der Waals surface area (Å²) in [7, 11) is 1.68. The van der Waals surface area contributed by atoms with Gasteiger partial charge in [0.15, 0.2) is 5.78 Å². The Balaban J connectivity index is 2.47. The van der Waals surface area contributed by atoms with E-state index in [4.69, 9.17) is 16.3 Å². The zero-order chi connectivity index (χ0) is 13.4. The first kappa shape index (κ1) is 15.2. The molecule has 0 N–H and O–H groups in total. The quantitative estimate of drug-likeness (QED) is 0.680. The topological polar surface area (TPSA) is 29.5 Å². The Morgan fingerprint density at radius 1 is 1.33 bits per heavy atom. The molecule has 1 rings (SSSR count). The molecule has 0 spiro atoms. The summed E-state index contributed by atoms with van der Waals surface area (Å²) in [6, 6.07) is 7.19. The van der Waals surface area contributed by atoms with Crippen LogP contribution >= 0.6 is 11.6 Å². The summed E-state index contributed by atoms with van der Waals surface area (Å²) in [4.78, 5) is 14.2. The van der Waals surface area contributed by atoms with Gasteiger partial charge >= 0.3 is 0 Å². The van der Waals surface area contributed by atoms with Gasteiger partial charge in [0.25, 0.3) is 0 Å². The van der Waals surface area contributed by atoms with Crippen LogP contribution in [0.3, 0.4) is 0 Å². The number of carbonyl (C=O) groups excluding carboxylic acids is 1. The second-order valence-corrected chi connectivity index (χ2v) is 4.49. The van der Waals surface area contributed by atoms with E-state index in [0.717, 1.165) is 19.6 Å². The van der Waals surface area contributed by atoms with Crippen molar-refractivity contribution in [2.45, 2.75) is 13.3 Å². The molecule has 0 aliphatic rings. The molecular formula is C14H20ClNO2. The molecule has 0 heterocycles. The molecule has 0 radical (unpaired) electrons. The van der Waals surface area contributed by atoms with Gasteiger partial charge in [0, 0.05) is 32.2 Å². The van der Waals surface area contributed by atoms with Gasteiger partial charge in [0.05, 0.1) is 11.6 Å². The summed E-state index contributed by atoms with van der Waals surface area (Å²) in [6.45, 7) is 5.27. The number of likely N-dealkylation sites (N-methyl/N-ethyl adjacent to an activating group) is 1. The third-order valence-corrected chi connectivity index (χ3v) is 3.22. The predicted molar refractivity (Wildman–Crippen MR) is 74.4 cm³/mol. The molecule has 0 amide bonds. The molecule has 0 aliphatic carbocycles. The van der Waals surface area contributed by atoms with Crippen LogP contribution in [-0.2, 0) is 4.74 Å². The van der Waals surface area contributed by atoms with Gasteiger partial charge in [-0.05, 0) is 18.7 Å². The van der Waals surface area contributed by atoms with Crippen molar-refractivity contribution in [2.24, 2.45) is 0 Å². The maximum atomic E-state index is 12.0. The van der Waals surface area contributed by atoms with Crippen LogP contribution in [0.25, 0.3) is 0 Å². The van der Waals surface area contributed by atoms with E-state index in [-0.39, 0.29) is 5.78 Å². The summed E-state index contributed by atoms with van der Waals surface area (Å²) in [6.07, 6.45) is 0.487. The first-order valence-corrected chi connectivity index (χ1v) is 6.55. The Morgan fingerprint density at radius 3 is 2.67 bits per heavy atom. The Kier molecular flexibility index (Phi) is 6.94. The predicted octanol–water partition coefficient (Wildman–Crippen LogP) is 2.88. The lowest BCUT2D eigenvalue weighted by molar-refractivity contribution is 0.0952. The van der Waals surface area contributed by atoms with Gasteiger partial charge in [0.2, 0.25) is 0 Å². The normalized spacial score (nSPS) is 10.9. The fourth-order valence-electron chi connectivity index (χ4n) is 1.73. The number of hydrogen-bond donors (Lipinski definition) is 0. The summed E-state index contributed by atoms with van der Waals surface area (Å²) in [5.41, 5.74) is 0.613. The molecule has 100 valence electrons. The van der Waals surface area contributed by atoms with Crippen LogP contribution in [0.15, 0.2) is 24.3 Å². The van der Waals surface area contributed by atoms with Crippen LogP contribution in [0, 0.1) is 0 Å². The highest BCUT2D eigenvalue weighted by Crippen LogP contribution is 2.16. The van der Waals surface area contributed by atoms with Gasteiger partial charge < -0.3 is 9.64 Å². The Morgan fingerprint density at radius 2 is 2.06 bits per heavy atom. The van der Waals surface area contributed by atoms with E-state index in [1.165, 1.54) is 0 Å². The molecule has 1 aromatic rings. The van der Waals surface area contributed by atoms with Crippen LogP contribution in [0.1, 0.15) is 23.7 Å². The average molecular weight is 270 g/mol. The minimum atomic E-state index is 0.0940. The van der Waals surface area contributed by atoms with Crippen LogP contribution in [0.4, 0.5) is 0 Å². The highest BCUT2D eigenvalue weighted by atomic mass is 35.5. The molecule has 0 saturated carbocycles. The standard InChI is InChI=1S/C14H20ClNO2/c1-3-16(10-11-18-2)9-8-14(17)12-6-4-5-7-13(12)15/h4-7H,3,8-11H2,1-2H3. The van der Waals surface area contributed by atoms with Crippen molar-refractivity contribution in [1.29, 1.82) is 0 Å². The molecule has 0 aromatic heterocycles. The molecular weight excluding hydrogens is 250 g/mol. The molecule has 18 heavy (non-hydrogen) atoms. The fourth-order valence-corrected chi connectivity index (χ4v) is 1.97. The lowest BCUT2D eigenvalue weighted by Gasteiger charge is -2.19. The molecule has 1 aromatic carbocycles. The molecule has 0 atom stereocenters. The Bertz CT molecular complexity index is 382. The third-order valence-electron chi connectivity index (χ3n) is 2.89. The van der Waals surface area contributed by atoms with Crippen molar-refractivity contribution in [3.05, 3.63) is 34.9 Å². The number of Topliss-reactive ketones (excluding diaryl/α,β-unsaturated/α-hetero) is 1. The number of methoxy groups -OCH3 is 1. The number of ketones is 1. The average Bonchev–Trinajstić information content (AvgIpc) is 2.39. The molecule has 0 unspecified atom stereocenters. The summed E-state index contributed by atoms with van der Waals surface area (Å²) >= 11 is 6.00. The van der Waals surface area contributed by atoms with Crippen LogP contribution in [0.2, 0.25) is 5.02 Å². The van der Waals surface area contributed by atoms with Gasteiger partial charge in [-0.3, -0.25) is 4.79 Å². The van der Waals surface area contributed by atoms with Gasteiger partial charge in [-0.2, -0.15) is 0 Å².